The molecule has 0 radical (unpaired) electrons. The first-order valence-electron chi connectivity index (χ1n) is 7.45. The van der Waals surface area contributed by atoms with Crippen LogP contribution in [0.15, 0.2) is 54.9 Å². The fourth-order valence-corrected chi connectivity index (χ4v) is 2.78. The maximum absolute atomic E-state index is 4.34. The zero-order valence-electron chi connectivity index (χ0n) is 12.5. The number of nitrogens with one attached hydrogen (secondary N) is 2. The highest BCUT2D eigenvalue weighted by Gasteiger charge is 2.15. The minimum atomic E-state index is 0.354. The van der Waals surface area contributed by atoms with Crippen LogP contribution in [0.4, 0.5) is 0 Å². The van der Waals surface area contributed by atoms with Gasteiger partial charge >= 0.3 is 0 Å². The van der Waals surface area contributed by atoms with Gasteiger partial charge in [0.1, 0.15) is 5.65 Å². The van der Waals surface area contributed by atoms with E-state index in [-0.39, 0.29) is 0 Å². The van der Waals surface area contributed by atoms with Gasteiger partial charge in [-0.3, -0.25) is 0 Å². The van der Waals surface area contributed by atoms with Crippen molar-refractivity contribution >= 4 is 11.0 Å². The van der Waals surface area contributed by atoms with Gasteiger partial charge in [0.2, 0.25) is 0 Å². The van der Waals surface area contributed by atoms with Crippen molar-refractivity contribution in [1.29, 1.82) is 0 Å². The number of hydrogen-bond donors (Lipinski definition) is 2. The van der Waals surface area contributed by atoms with Crippen molar-refractivity contribution in [1.82, 2.24) is 15.3 Å². The molecule has 0 amide bonds. The van der Waals surface area contributed by atoms with E-state index in [1.54, 1.807) is 0 Å². The van der Waals surface area contributed by atoms with Gasteiger partial charge in [-0.2, -0.15) is 0 Å². The van der Waals surface area contributed by atoms with E-state index < -0.39 is 0 Å². The Labute approximate surface area is 125 Å². The van der Waals surface area contributed by atoms with Crippen molar-refractivity contribution in [2.75, 3.05) is 0 Å². The summed E-state index contributed by atoms with van der Waals surface area (Å²) in [5.41, 5.74) is 3.56. The Bertz CT molecular complexity index is 701. The Balaban J connectivity index is 1.79. The van der Waals surface area contributed by atoms with Crippen LogP contribution in [0.5, 0.6) is 0 Å². The predicted molar refractivity (Wildman–Crippen MR) is 87.0 cm³/mol. The SMILES string of the molecule is CC(C)C(NCc1c[nH]c2ncccc12)c1ccccc1. The summed E-state index contributed by atoms with van der Waals surface area (Å²) in [7, 11) is 0. The summed E-state index contributed by atoms with van der Waals surface area (Å²) < 4.78 is 0. The molecule has 21 heavy (non-hydrogen) atoms. The van der Waals surface area contributed by atoms with Gasteiger partial charge in [0, 0.05) is 30.4 Å². The van der Waals surface area contributed by atoms with Gasteiger partial charge in [-0.15, -0.1) is 0 Å². The Morgan fingerprint density at radius 1 is 1.10 bits per heavy atom. The van der Waals surface area contributed by atoms with Crippen LogP contribution in [0, 0.1) is 5.92 Å². The third-order valence-corrected chi connectivity index (χ3v) is 3.87. The molecule has 3 aromatic rings. The topological polar surface area (TPSA) is 40.7 Å². The molecular formula is C18H21N3. The molecule has 0 aliphatic heterocycles. The van der Waals surface area contributed by atoms with Crippen molar-refractivity contribution in [3.63, 3.8) is 0 Å². The number of benzene rings is 1. The van der Waals surface area contributed by atoms with Crippen LogP contribution < -0.4 is 5.32 Å². The molecule has 0 aliphatic rings. The van der Waals surface area contributed by atoms with Crippen LogP contribution in [-0.2, 0) is 6.54 Å². The first-order chi connectivity index (χ1) is 10.3. The van der Waals surface area contributed by atoms with E-state index in [4.69, 9.17) is 0 Å². The quantitative estimate of drug-likeness (QED) is 0.739. The van der Waals surface area contributed by atoms with Crippen molar-refractivity contribution in [2.45, 2.75) is 26.4 Å². The second kappa shape index (κ2) is 6.10. The molecule has 2 aromatic heterocycles. The number of pyridine rings is 1. The molecule has 0 saturated heterocycles. The number of aromatic amines is 1. The zero-order chi connectivity index (χ0) is 14.7. The summed E-state index contributed by atoms with van der Waals surface area (Å²) in [5.74, 6) is 0.538. The Morgan fingerprint density at radius 3 is 2.67 bits per heavy atom. The van der Waals surface area contributed by atoms with Gasteiger partial charge in [-0.05, 0) is 29.2 Å². The van der Waals surface area contributed by atoms with E-state index >= 15 is 0 Å². The smallest absolute Gasteiger partial charge is 0.137 e. The number of nitrogens with zero attached hydrogens (tertiary/aromatic N) is 1. The largest absolute Gasteiger partial charge is 0.346 e. The Morgan fingerprint density at radius 2 is 1.90 bits per heavy atom. The lowest BCUT2D eigenvalue weighted by atomic mass is 9.96. The van der Waals surface area contributed by atoms with Crippen LogP contribution in [0.2, 0.25) is 0 Å². The molecular weight excluding hydrogens is 258 g/mol. The second-order valence-corrected chi connectivity index (χ2v) is 5.73. The summed E-state index contributed by atoms with van der Waals surface area (Å²) in [6.45, 7) is 5.34. The maximum atomic E-state index is 4.34. The lowest BCUT2D eigenvalue weighted by molar-refractivity contribution is 0.411. The minimum Gasteiger partial charge on any atom is -0.346 e. The summed E-state index contributed by atoms with van der Waals surface area (Å²) in [4.78, 5) is 7.57. The van der Waals surface area contributed by atoms with Crippen molar-refractivity contribution in [3.8, 4) is 0 Å². The molecule has 0 bridgehead atoms. The fourth-order valence-electron chi connectivity index (χ4n) is 2.78. The van der Waals surface area contributed by atoms with Gasteiger partial charge < -0.3 is 10.3 Å². The number of hydrogen-bond acceptors (Lipinski definition) is 2. The normalized spacial score (nSPS) is 12.9. The zero-order valence-corrected chi connectivity index (χ0v) is 12.5. The van der Waals surface area contributed by atoms with E-state index in [9.17, 15) is 0 Å². The van der Waals surface area contributed by atoms with E-state index in [1.807, 2.05) is 18.5 Å². The van der Waals surface area contributed by atoms with E-state index in [2.05, 4.69) is 65.5 Å². The van der Waals surface area contributed by atoms with Crippen LogP contribution in [0.3, 0.4) is 0 Å². The number of H-pyrrole nitrogens is 1. The summed E-state index contributed by atoms with van der Waals surface area (Å²) in [5, 5.41) is 4.88. The highest BCUT2D eigenvalue weighted by Crippen LogP contribution is 2.23. The first-order valence-corrected chi connectivity index (χ1v) is 7.45. The molecule has 3 nitrogen and oxygen atoms in total. The van der Waals surface area contributed by atoms with Crippen LogP contribution >= 0.6 is 0 Å². The average Bonchev–Trinajstić information content (AvgIpc) is 2.92. The third kappa shape index (κ3) is 2.98. The number of fused-ring (bicyclic) bond motifs is 1. The van der Waals surface area contributed by atoms with Crippen molar-refractivity contribution in [3.05, 3.63) is 66.0 Å². The third-order valence-electron chi connectivity index (χ3n) is 3.87. The molecule has 2 N–H and O–H groups in total. The minimum absolute atomic E-state index is 0.354. The average molecular weight is 279 g/mol. The number of rotatable bonds is 5. The lowest BCUT2D eigenvalue weighted by Crippen LogP contribution is -2.25. The predicted octanol–water partition coefficient (Wildman–Crippen LogP) is 4.05. The summed E-state index contributed by atoms with van der Waals surface area (Å²) in [6.07, 6.45) is 3.87. The first kappa shape index (κ1) is 13.8. The molecule has 2 heterocycles. The highest BCUT2D eigenvalue weighted by molar-refractivity contribution is 5.79. The molecule has 1 atom stereocenters. The molecule has 108 valence electrons. The molecule has 1 aromatic carbocycles. The van der Waals surface area contributed by atoms with Gasteiger partial charge in [-0.25, -0.2) is 4.98 Å². The lowest BCUT2D eigenvalue weighted by Gasteiger charge is -2.23. The van der Waals surface area contributed by atoms with Crippen LogP contribution in [-0.4, -0.2) is 9.97 Å². The molecule has 0 saturated carbocycles. The van der Waals surface area contributed by atoms with E-state index in [0.29, 0.717) is 12.0 Å². The molecule has 0 fully saturated rings. The summed E-state index contributed by atoms with van der Waals surface area (Å²) >= 11 is 0. The Kier molecular flexibility index (Phi) is 4.02. The van der Waals surface area contributed by atoms with E-state index in [1.165, 1.54) is 16.5 Å². The maximum Gasteiger partial charge on any atom is 0.137 e. The van der Waals surface area contributed by atoms with Crippen molar-refractivity contribution in [2.24, 2.45) is 5.92 Å². The van der Waals surface area contributed by atoms with Crippen molar-refractivity contribution < 1.29 is 0 Å². The van der Waals surface area contributed by atoms with Gasteiger partial charge in [0.05, 0.1) is 0 Å². The highest BCUT2D eigenvalue weighted by atomic mass is 14.9. The summed E-state index contributed by atoms with van der Waals surface area (Å²) in [6, 6.07) is 15.1. The van der Waals surface area contributed by atoms with Crippen LogP contribution in [0.25, 0.3) is 11.0 Å². The van der Waals surface area contributed by atoms with Gasteiger partial charge in [0.15, 0.2) is 0 Å². The monoisotopic (exact) mass is 279 g/mol. The second-order valence-electron chi connectivity index (χ2n) is 5.73. The van der Waals surface area contributed by atoms with Gasteiger partial charge in [0.25, 0.3) is 0 Å². The number of aromatic nitrogens is 2. The van der Waals surface area contributed by atoms with Crippen LogP contribution in [0.1, 0.15) is 31.0 Å². The molecule has 3 rings (SSSR count). The van der Waals surface area contributed by atoms with Gasteiger partial charge in [-0.1, -0.05) is 44.2 Å². The molecule has 1 unspecified atom stereocenters. The molecule has 0 spiro atoms. The molecule has 3 heteroatoms. The molecule has 0 aliphatic carbocycles. The fraction of sp³-hybridized carbons (Fsp3) is 0.278. The standard InChI is InChI=1S/C18H21N3/c1-13(2)17(14-7-4-3-5-8-14)20-11-15-12-21-18-16(15)9-6-10-19-18/h3-10,12-13,17,20H,11H2,1-2H3,(H,19,21). The van der Waals surface area contributed by atoms with E-state index in [0.717, 1.165) is 12.2 Å². The Hall–Kier alpha value is -2.13.